The Balaban J connectivity index is 2.00. The molecular weight excluding hydrogens is 260 g/mol. The monoisotopic (exact) mass is 276 g/mol. The van der Waals surface area contributed by atoms with Crippen LogP contribution in [0.1, 0.15) is 18.4 Å². The molecule has 1 saturated heterocycles. The van der Waals surface area contributed by atoms with Crippen LogP contribution in [-0.2, 0) is 20.8 Å². The Kier molecular flexibility index (Phi) is 4.34. The minimum absolute atomic E-state index is 0.0141. The summed E-state index contributed by atoms with van der Waals surface area (Å²) in [5, 5.41) is 11.5. The Labute approximate surface area is 116 Å². The van der Waals surface area contributed by atoms with Crippen molar-refractivity contribution in [2.24, 2.45) is 0 Å². The van der Waals surface area contributed by atoms with Crippen LogP contribution in [0.2, 0.25) is 0 Å². The third-order valence-electron chi connectivity index (χ3n) is 3.14. The highest BCUT2D eigenvalue weighted by Crippen LogP contribution is 2.16. The lowest BCUT2D eigenvalue weighted by molar-refractivity contribution is -0.136. The predicted octanol–water partition coefficient (Wildman–Crippen LogP) is 0.875. The summed E-state index contributed by atoms with van der Waals surface area (Å²) in [6, 6.07) is 6.76. The molecule has 0 saturated carbocycles. The molecule has 1 fully saturated rings. The molecule has 0 unspecified atom stereocenters. The largest absolute Gasteiger partial charge is 0.481 e. The van der Waals surface area contributed by atoms with Gasteiger partial charge in [0, 0.05) is 18.7 Å². The van der Waals surface area contributed by atoms with Crippen molar-refractivity contribution in [2.45, 2.75) is 19.3 Å². The zero-order valence-corrected chi connectivity index (χ0v) is 11.0. The van der Waals surface area contributed by atoms with Crippen molar-refractivity contribution in [3.63, 3.8) is 0 Å². The molecule has 1 aromatic carbocycles. The minimum Gasteiger partial charge on any atom is -0.481 e. The third-order valence-corrected chi connectivity index (χ3v) is 3.14. The summed E-state index contributed by atoms with van der Waals surface area (Å²) < 4.78 is 0. The van der Waals surface area contributed by atoms with Gasteiger partial charge in [-0.1, -0.05) is 18.2 Å². The van der Waals surface area contributed by atoms with E-state index in [-0.39, 0.29) is 24.8 Å². The highest BCUT2D eigenvalue weighted by molar-refractivity contribution is 5.95. The standard InChI is InChI=1S/C14H16N2O4/c17-12(9-16-7-3-6-13(16)18)15-11-5-2-1-4-10(11)8-14(19)20/h1-2,4-5H,3,6-9H2,(H,15,17)(H,19,20). The molecule has 20 heavy (non-hydrogen) atoms. The lowest BCUT2D eigenvalue weighted by Gasteiger charge is -2.16. The van der Waals surface area contributed by atoms with E-state index in [0.717, 1.165) is 6.42 Å². The average Bonchev–Trinajstić information content (AvgIpc) is 2.77. The Morgan fingerprint density at radius 2 is 2.05 bits per heavy atom. The summed E-state index contributed by atoms with van der Waals surface area (Å²) in [6.07, 6.45) is 1.11. The number of carbonyl (C=O) groups excluding carboxylic acids is 2. The molecule has 6 nitrogen and oxygen atoms in total. The molecule has 0 aromatic heterocycles. The fourth-order valence-corrected chi connectivity index (χ4v) is 2.19. The molecule has 2 N–H and O–H groups in total. The SMILES string of the molecule is O=C(O)Cc1ccccc1NC(=O)CN1CCCC1=O. The highest BCUT2D eigenvalue weighted by atomic mass is 16.4. The lowest BCUT2D eigenvalue weighted by Crippen LogP contribution is -2.34. The highest BCUT2D eigenvalue weighted by Gasteiger charge is 2.22. The Morgan fingerprint density at radius 1 is 1.30 bits per heavy atom. The molecule has 6 heteroatoms. The number of nitrogens with zero attached hydrogens (tertiary/aromatic N) is 1. The third kappa shape index (κ3) is 3.57. The second-order valence-corrected chi connectivity index (χ2v) is 4.69. The van der Waals surface area contributed by atoms with Crippen LogP contribution in [-0.4, -0.2) is 40.9 Å². The molecule has 1 heterocycles. The van der Waals surface area contributed by atoms with Crippen LogP contribution in [0, 0.1) is 0 Å². The zero-order valence-electron chi connectivity index (χ0n) is 11.0. The minimum atomic E-state index is -0.957. The quantitative estimate of drug-likeness (QED) is 0.835. The first-order valence-corrected chi connectivity index (χ1v) is 6.43. The number of likely N-dealkylation sites (tertiary alicyclic amines) is 1. The first kappa shape index (κ1) is 14.0. The van der Waals surface area contributed by atoms with E-state index in [9.17, 15) is 14.4 Å². The summed E-state index contributed by atoms with van der Waals surface area (Å²) in [7, 11) is 0. The topological polar surface area (TPSA) is 86.7 Å². The van der Waals surface area contributed by atoms with Crippen LogP contribution in [0.25, 0.3) is 0 Å². The first-order valence-electron chi connectivity index (χ1n) is 6.43. The van der Waals surface area contributed by atoms with E-state index in [1.54, 1.807) is 24.3 Å². The molecule has 0 spiro atoms. The van der Waals surface area contributed by atoms with Crippen molar-refractivity contribution in [2.75, 3.05) is 18.4 Å². The van der Waals surface area contributed by atoms with Crippen LogP contribution < -0.4 is 5.32 Å². The number of amides is 2. The predicted molar refractivity (Wildman–Crippen MR) is 72.2 cm³/mol. The molecule has 0 radical (unpaired) electrons. The second-order valence-electron chi connectivity index (χ2n) is 4.69. The van der Waals surface area contributed by atoms with Crippen molar-refractivity contribution in [1.82, 2.24) is 4.90 Å². The van der Waals surface area contributed by atoms with Gasteiger partial charge in [-0.2, -0.15) is 0 Å². The molecule has 1 aliphatic rings. The van der Waals surface area contributed by atoms with E-state index in [1.807, 2.05) is 0 Å². The molecule has 1 aliphatic heterocycles. The Hall–Kier alpha value is -2.37. The average molecular weight is 276 g/mol. The summed E-state index contributed by atoms with van der Waals surface area (Å²) in [6.45, 7) is 0.614. The number of anilines is 1. The van der Waals surface area contributed by atoms with E-state index in [4.69, 9.17) is 5.11 Å². The van der Waals surface area contributed by atoms with Crippen LogP contribution >= 0.6 is 0 Å². The number of para-hydroxylation sites is 1. The van der Waals surface area contributed by atoms with E-state index in [1.165, 1.54) is 4.90 Å². The Bertz CT molecular complexity index is 542. The van der Waals surface area contributed by atoms with Gasteiger partial charge in [-0.15, -0.1) is 0 Å². The molecule has 0 aliphatic carbocycles. The van der Waals surface area contributed by atoms with Crippen molar-refractivity contribution in [3.05, 3.63) is 29.8 Å². The number of rotatable bonds is 5. The summed E-state index contributed by atoms with van der Waals surface area (Å²) in [4.78, 5) is 35.6. The van der Waals surface area contributed by atoms with E-state index in [0.29, 0.717) is 24.2 Å². The van der Waals surface area contributed by atoms with Gasteiger partial charge in [0.25, 0.3) is 0 Å². The number of nitrogens with one attached hydrogen (secondary N) is 1. The smallest absolute Gasteiger partial charge is 0.307 e. The maximum atomic E-state index is 11.9. The first-order chi connectivity index (χ1) is 9.56. The zero-order chi connectivity index (χ0) is 14.5. The van der Waals surface area contributed by atoms with Crippen molar-refractivity contribution in [1.29, 1.82) is 0 Å². The maximum absolute atomic E-state index is 11.9. The van der Waals surface area contributed by atoms with Gasteiger partial charge in [-0.25, -0.2) is 0 Å². The fourth-order valence-electron chi connectivity index (χ4n) is 2.19. The van der Waals surface area contributed by atoms with E-state index >= 15 is 0 Å². The van der Waals surface area contributed by atoms with Crippen molar-refractivity contribution in [3.8, 4) is 0 Å². The number of benzene rings is 1. The fraction of sp³-hybridized carbons (Fsp3) is 0.357. The van der Waals surface area contributed by atoms with Gasteiger partial charge < -0.3 is 15.3 Å². The van der Waals surface area contributed by atoms with Crippen LogP contribution in [0.5, 0.6) is 0 Å². The molecule has 0 atom stereocenters. The van der Waals surface area contributed by atoms with Gasteiger partial charge in [-0.3, -0.25) is 14.4 Å². The molecular formula is C14H16N2O4. The van der Waals surface area contributed by atoms with Gasteiger partial charge in [-0.05, 0) is 18.1 Å². The van der Waals surface area contributed by atoms with E-state index < -0.39 is 5.97 Å². The number of carbonyl (C=O) groups is 3. The number of carboxylic acid groups (broad SMARTS) is 1. The summed E-state index contributed by atoms with van der Waals surface area (Å²) in [5.74, 6) is -1.28. The van der Waals surface area contributed by atoms with Gasteiger partial charge in [0.05, 0.1) is 13.0 Å². The van der Waals surface area contributed by atoms with Gasteiger partial charge in [0.2, 0.25) is 11.8 Å². The summed E-state index contributed by atoms with van der Waals surface area (Å²) in [5.41, 5.74) is 1.02. The second kappa shape index (κ2) is 6.18. The maximum Gasteiger partial charge on any atom is 0.307 e. The normalized spacial score (nSPS) is 14.4. The molecule has 0 bridgehead atoms. The lowest BCUT2D eigenvalue weighted by atomic mass is 10.1. The number of carboxylic acids is 1. The number of hydrogen-bond donors (Lipinski definition) is 2. The van der Waals surface area contributed by atoms with Crippen LogP contribution in [0.15, 0.2) is 24.3 Å². The molecule has 2 amide bonds. The number of aliphatic carboxylic acids is 1. The van der Waals surface area contributed by atoms with Crippen molar-refractivity contribution < 1.29 is 19.5 Å². The van der Waals surface area contributed by atoms with Gasteiger partial charge >= 0.3 is 5.97 Å². The van der Waals surface area contributed by atoms with E-state index in [2.05, 4.69) is 5.32 Å². The van der Waals surface area contributed by atoms with Crippen LogP contribution in [0.4, 0.5) is 5.69 Å². The van der Waals surface area contributed by atoms with Crippen molar-refractivity contribution >= 4 is 23.5 Å². The molecule has 2 rings (SSSR count). The molecule has 106 valence electrons. The van der Waals surface area contributed by atoms with Crippen LogP contribution in [0.3, 0.4) is 0 Å². The molecule has 1 aromatic rings. The summed E-state index contributed by atoms with van der Waals surface area (Å²) >= 11 is 0. The van der Waals surface area contributed by atoms with Gasteiger partial charge in [0.1, 0.15) is 0 Å². The number of hydrogen-bond acceptors (Lipinski definition) is 3. The Morgan fingerprint density at radius 3 is 2.70 bits per heavy atom. The van der Waals surface area contributed by atoms with Gasteiger partial charge in [0.15, 0.2) is 0 Å².